The number of hydrogen-bond donors (Lipinski definition) is 1. The highest BCUT2D eigenvalue weighted by Gasteiger charge is 2.43. The molecule has 0 aromatic heterocycles. The van der Waals surface area contributed by atoms with Gasteiger partial charge in [0.25, 0.3) is 0 Å². The largest absolute Gasteiger partial charge is 0.339 e. The number of amides is 1. The van der Waals surface area contributed by atoms with E-state index in [4.69, 9.17) is 5.73 Å². The topological polar surface area (TPSA) is 46.3 Å². The summed E-state index contributed by atoms with van der Waals surface area (Å²) in [4.78, 5) is 14.7. The van der Waals surface area contributed by atoms with Crippen LogP contribution in [0.3, 0.4) is 0 Å². The molecular formula is C13H25ClN2O. The minimum atomic E-state index is -0.203. The van der Waals surface area contributed by atoms with Gasteiger partial charge in [-0.1, -0.05) is 12.8 Å². The molecule has 1 unspecified atom stereocenters. The van der Waals surface area contributed by atoms with Crippen molar-refractivity contribution in [3.8, 4) is 0 Å². The van der Waals surface area contributed by atoms with Gasteiger partial charge in [-0.25, -0.2) is 0 Å². The molecule has 3 nitrogen and oxygen atoms in total. The lowest BCUT2D eigenvalue weighted by atomic mass is 9.83. The Hall–Kier alpha value is -0.280. The van der Waals surface area contributed by atoms with Crippen molar-refractivity contribution < 1.29 is 4.79 Å². The second kappa shape index (κ2) is 6.05. The number of piperidine rings is 1. The highest BCUT2D eigenvalue weighted by atomic mass is 35.5. The first-order valence-corrected chi connectivity index (χ1v) is 6.71. The van der Waals surface area contributed by atoms with Crippen LogP contribution in [0.25, 0.3) is 0 Å². The van der Waals surface area contributed by atoms with Crippen LogP contribution < -0.4 is 5.73 Å². The number of carbonyl (C=O) groups is 1. The number of rotatable bonds is 2. The molecule has 0 spiro atoms. The second-order valence-corrected chi connectivity index (χ2v) is 5.53. The molecule has 0 radical (unpaired) electrons. The SMILES string of the molecule is CC1CCCCN1C(=O)C1(CN)CCCC1.Cl. The van der Waals surface area contributed by atoms with Gasteiger partial charge in [-0.15, -0.1) is 12.4 Å². The maximum absolute atomic E-state index is 12.6. The summed E-state index contributed by atoms with van der Waals surface area (Å²) >= 11 is 0. The van der Waals surface area contributed by atoms with E-state index >= 15 is 0 Å². The molecule has 1 saturated heterocycles. The first-order chi connectivity index (χ1) is 7.69. The van der Waals surface area contributed by atoms with Gasteiger partial charge in [-0.2, -0.15) is 0 Å². The normalized spacial score (nSPS) is 27.6. The van der Waals surface area contributed by atoms with Gasteiger partial charge < -0.3 is 10.6 Å². The molecule has 2 fully saturated rings. The van der Waals surface area contributed by atoms with Gasteiger partial charge in [0.05, 0.1) is 5.41 Å². The monoisotopic (exact) mass is 260 g/mol. The molecule has 0 aromatic rings. The standard InChI is InChI=1S/C13H24N2O.ClH/c1-11-6-2-5-9-15(11)12(16)13(10-14)7-3-4-8-13;/h11H,2-10,14H2,1H3;1H. The van der Waals surface area contributed by atoms with Crippen LogP contribution in [0.2, 0.25) is 0 Å². The fraction of sp³-hybridized carbons (Fsp3) is 0.923. The van der Waals surface area contributed by atoms with Crippen LogP contribution in [0.5, 0.6) is 0 Å². The Kier molecular flexibility index (Phi) is 5.26. The van der Waals surface area contributed by atoms with Crippen LogP contribution in [-0.2, 0) is 4.79 Å². The number of nitrogens with two attached hydrogens (primary N) is 1. The molecule has 0 aromatic carbocycles. The van der Waals surface area contributed by atoms with Crippen LogP contribution >= 0.6 is 12.4 Å². The van der Waals surface area contributed by atoms with E-state index in [2.05, 4.69) is 11.8 Å². The van der Waals surface area contributed by atoms with Gasteiger partial charge in [-0.3, -0.25) is 4.79 Å². The average molecular weight is 261 g/mol. The molecule has 2 rings (SSSR count). The fourth-order valence-electron chi connectivity index (χ4n) is 3.26. The summed E-state index contributed by atoms with van der Waals surface area (Å²) in [5.41, 5.74) is 5.67. The van der Waals surface area contributed by atoms with E-state index in [1.807, 2.05) is 0 Å². The van der Waals surface area contributed by atoms with Crippen molar-refractivity contribution in [2.75, 3.05) is 13.1 Å². The molecule has 1 heterocycles. The molecule has 4 heteroatoms. The van der Waals surface area contributed by atoms with Crippen LogP contribution in [-0.4, -0.2) is 29.9 Å². The van der Waals surface area contributed by atoms with E-state index in [-0.39, 0.29) is 17.8 Å². The van der Waals surface area contributed by atoms with Crippen LogP contribution in [0.15, 0.2) is 0 Å². The molecular weight excluding hydrogens is 236 g/mol. The van der Waals surface area contributed by atoms with Crippen LogP contribution in [0.1, 0.15) is 51.9 Å². The molecule has 1 aliphatic carbocycles. The third-order valence-corrected chi connectivity index (χ3v) is 4.47. The number of carbonyl (C=O) groups excluding carboxylic acids is 1. The van der Waals surface area contributed by atoms with Gasteiger partial charge >= 0.3 is 0 Å². The summed E-state index contributed by atoms with van der Waals surface area (Å²) in [6, 6.07) is 0.422. The summed E-state index contributed by atoms with van der Waals surface area (Å²) in [6.45, 7) is 3.66. The minimum absolute atomic E-state index is 0. The zero-order valence-electron chi connectivity index (χ0n) is 10.8. The number of hydrogen-bond acceptors (Lipinski definition) is 2. The van der Waals surface area contributed by atoms with Crippen LogP contribution in [0.4, 0.5) is 0 Å². The van der Waals surface area contributed by atoms with Gasteiger partial charge in [0.15, 0.2) is 0 Å². The Bertz CT molecular complexity index is 264. The zero-order chi connectivity index (χ0) is 11.6. The van der Waals surface area contributed by atoms with Gasteiger partial charge in [0, 0.05) is 19.1 Å². The second-order valence-electron chi connectivity index (χ2n) is 5.53. The Labute approximate surface area is 111 Å². The van der Waals surface area contributed by atoms with Crippen molar-refractivity contribution in [2.45, 2.75) is 57.9 Å². The van der Waals surface area contributed by atoms with Crippen molar-refractivity contribution >= 4 is 18.3 Å². The van der Waals surface area contributed by atoms with E-state index in [1.54, 1.807) is 0 Å². The lowest BCUT2D eigenvalue weighted by Crippen LogP contribution is -2.51. The molecule has 100 valence electrons. The lowest BCUT2D eigenvalue weighted by molar-refractivity contribution is -0.144. The van der Waals surface area contributed by atoms with E-state index in [1.165, 1.54) is 19.3 Å². The van der Waals surface area contributed by atoms with Crippen molar-refractivity contribution in [2.24, 2.45) is 11.1 Å². The molecule has 1 amide bonds. The molecule has 1 atom stereocenters. The van der Waals surface area contributed by atoms with Crippen molar-refractivity contribution in [3.63, 3.8) is 0 Å². The number of halogens is 1. The summed E-state index contributed by atoms with van der Waals surface area (Å²) in [5.74, 6) is 0.347. The molecule has 17 heavy (non-hydrogen) atoms. The molecule has 1 saturated carbocycles. The third kappa shape index (κ3) is 2.76. The van der Waals surface area contributed by atoms with E-state index in [9.17, 15) is 4.79 Å². The van der Waals surface area contributed by atoms with E-state index in [0.717, 1.165) is 32.2 Å². The van der Waals surface area contributed by atoms with Gasteiger partial charge in [-0.05, 0) is 39.0 Å². The van der Waals surface area contributed by atoms with Crippen molar-refractivity contribution in [1.29, 1.82) is 0 Å². The van der Waals surface area contributed by atoms with Gasteiger partial charge in [0.2, 0.25) is 5.91 Å². The third-order valence-electron chi connectivity index (χ3n) is 4.47. The summed E-state index contributed by atoms with van der Waals surface area (Å²) < 4.78 is 0. The van der Waals surface area contributed by atoms with Crippen molar-refractivity contribution in [3.05, 3.63) is 0 Å². The molecule has 2 aliphatic rings. The zero-order valence-corrected chi connectivity index (χ0v) is 11.6. The fourth-order valence-corrected chi connectivity index (χ4v) is 3.26. The summed E-state index contributed by atoms with van der Waals surface area (Å²) in [7, 11) is 0. The summed E-state index contributed by atoms with van der Waals surface area (Å²) in [6.07, 6.45) is 7.94. The Morgan fingerprint density at radius 3 is 2.47 bits per heavy atom. The highest BCUT2D eigenvalue weighted by Crippen LogP contribution is 2.39. The van der Waals surface area contributed by atoms with Crippen LogP contribution in [0, 0.1) is 5.41 Å². The van der Waals surface area contributed by atoms with Gasteiger partial charge in [0.1, 0.15) is 0 Å². The predicted octanol–water partition coefficient (Wildman–Crippen LogP) is 2.33. The number of nitrogens with zero attached hydrogens (tertiary/aromatic N) is 1. The predicted molar refractivity (Wildman–Crippen MR) is 72.2 cm³/mol. The first-order valence-electron chi connectivity index (χ1n) is 6.71. The minimum Gasteiger partial charge on any atom is -0.339 e. The first kappa shape index (κ1) is 14.8. The van der Waals surface area contributed by atoms with E-state index < -0.39 is 0 Å². The lowest BCUT2D eigenvalue weighted by Gasteiger charge is -2.39. The van der Waals surface area contributed by atoms with E-state index in [0.29, 0.717) is 18.5 Å². The Balaban J connectivity index is 0.00000144. The summed E-state index contributed by atoms with van der Waals surface area (Å²) in [5, 5.41) is 0. The Morgan fingerprint density at radius 1 is 1.29 bits per heavy atom. The van der Waals surface area contributed by atoms with Crippen molar-refractivity contribution in [1.82, 2.24) is 4.90 Å². The quantitative estimate of drug-likeness (QED) is 0.828. The molecule has 2 N–H and O–H groups in total. The number of likely N-dealkylation sites (tertiary alicyclic amines) is 1. The maximum Gasteiger partial charge on any atom is 0.230 e. The average Bonchev–Trinajstić information content (AvgIpc) is 2.78. The highest BCUT2D eigenvalue weighted by molar-refractivity contribution is 5.85. The molecule has 1 aliphatic heterocycles. The smallest absolute Gasteiger partial charge is 0.230 e. The Morgan fingerprint density at radius 2 is 1.94 bits per heavy atom. The maximum atomic E-state index is 12.6. The molecule has 0 bridgehead atoms.